The molecule has 1 saturated heterocycles. The van der Waals surface area contributed by atoms with Crippen LogP contribution in [0.3, 0.4) is 0 Å². The molecule has 0 unspecified atom stereocenters. The molecule has 0 aromatic heterocycles. The standard InChI is InChI=1S/C24H41NO3/c1-9-11-17-27-22(23(26)28-19(5)6)21(18(3)4)20(12-10-2)25-15-13-24(7,8)14-16-25/h10,12,19,22H,3,9,11,13-17H2,1-2,4-8H3/b12-10-,21-20-/t22-/m0/s1. The summed E-state index contributed by atoms with van der Waals surface area (Å²) >= 11 is 0. The van der Waals surface area contributed by atoms with Gasteiger partial charge in [0.05, 0.1) is 6.10 Å². The topological polar surface area (TPSA) is 38.8 Å². The number of esters is 1. The highest BCUT2D eigenvalue weighted by atomic mass is 16.6. The number of hydrogen-bond acceptors (Lipinski definition) is 4. The summed E-state index contributed by atoms with van der Waals surface area (Å²) in [6, 6.07) is 0. The molecule has 0 bridgehead atoms. The van der Waals surface area contributed by atoms with Gasteiger partial charge in [0.2, 0.25) is 0 Å². The molecule has 0 aliphatic carbocycles. The zero-order valence-corrected chi connectivity index (χ0v) is 19.1. The van der Waals surface area contributed by atoms with Crippen LogP contribution in [0.2, 0.25) is 0 Å². The third kappa shape index (κ3) is 7.46. The van der Waals surface area contributed by atoms with Gasteiger partial charge in [-0.2, -0.15) is 0 Å². The van der Waals surface area contributed by atoms with Crippen LogP contribution in [0.15, 0.2) is 35.6 Å². The molecular weight excluding hydrogens is 350 g/mol. The highest BCUT2D eigenvalue weighted by molar-refractivity contribution is 5.80. The Morgan fingerprint density at radius 1 is 1.25 bits per heavy atom. The van der Waals surface area contributed by atoms with Gasteiger partial charge in [-0.3, -0.25) is 0 Å². The number of piperidine rings is 1. The Labute approximate surface area is 172 Å². The fraction of sp³-hybridized carbons (Fsp3) is 0.708. The van der Waals surface area contributed by atoms with Crippen LogP contribution in [0, 0.1) is 5.41 Å². The molecule has 1 aliphatic heterocycles. The van der Waals surface area contributed by atoms with E-state index < -0.39 is 6.10 Å². The molecule has 0 spiro atoms. The summed E-state index contributed by atoms with van der Waals surface area (Å²) < 4.78 is 11.6. The van der Waals surface area contributed by atoms with Crippen molar-refractivity contribution in [2.75, 3.05) is 19.7 Å². The van der Waals surface area contributed by atoms with Gasteiger partial charge in [-0.05, 0) is 64.0 Å². The Hall–Kier alpha value is -1.55. The SMILES string of the molecule is C=C(C)/C(=C(\C=C/C)N1CCC(C)(C)CC1)[C@H](OCCCC)C(=O)OC(C)C. The molecule has 0 radical (unpaired) electrons. The van der Waals surface area contributed by atoms with E-state index in [-0.39, 0.29) is 12.1 Å². The number of hydrogen-bond donors (Lipinski definition) is 0. The number of carbonyl (C=O) groups excluding carboxylic acids is 1. The summed E-state index contributed by atoms with van der Waals surface area (Å²) in [5, 5.41) is 0. The van der Waals surface area contributed by atoms with Gasteiger partial charge in [0, 0.05) is 31.0 Å². The average Bonchev–Trinajstić information content (AvgIpc) is 2.59. The Balaban J connectivity index is 3.34. The quantitative estimate of drug-likeness (QED) is 0.274. The highest BCUT2D eigenvalue weighted by Gasteiger charge is 2.32. The third-order valence-electron chi connectivity index (χ3n) is 5.13. The Kier molecular flexibility index (Phi) is 10.0. The van der Waals surface area contributed by atoms with Crippen molar-refractivity contribution in [3.63, 3.8) is 0 Å². The Morgan fingerprint density at radius 3 is 2.32 bits per heavy atom. The average molecular weight is 392 g/mol. The molecule has 1 aliphatic rings. The van der Waals surface area contributed by atoms with Crippen molar-refractivity contribution >= 4 is 5.97 Å². The van der Waals surface area contributed by atoms with Gasteiger partial charge in [0.1, 0.15) is 0 Å². The molecule has 1 heterocycles. The van der Waals surface area contributed by atoms with Crippen LogP contribution in [0.1, 0.15) is 74.1 Å². The molecular formula is C24H41NO3. The number of rotatable bonds is 10. The van der Waals surface area contributed by atoms with Gasteiger partial charge in [0.15, 0.2) is 6.10 Å². The zero-order valence-electron chi connectivity index (χ0n) is 19.1. The first-order valence-corrected chi connectivity index (χ1v) is 10.7. The molecule has 0 amide bonds. The largest absolute Gasteiger partial charge is 0.461 e. The second-order valence-corrected chi connectivity index (χ2v) is 8.82. The molecule has 1 rings (SSSR count). The maximum Gasteiger partial charge on any atom is 0.340 e. The van der Waals surface area contributed by atoms with E-state index in [0.29, 0.717) is 12.0 Å². The van der Waals surface area contributed by atoms with Crippen LogP contribution < -0.4 is 0 Å². The van der Waals surface area contributed by atoms with E-state index in [1.54, 1.807) is 0 Å². The summed E-state index contributed by atoms with van der Waals surface area (Å²) in [6.07, 6.45) is 7.35. The smallest absolute Gasteiger partial charge is 0.340 e. The summed E-state index contributed by atoms with van der Waals surface area (Å²) in [5.74, 6) is -0.330. The minimum absolute atomic E-state index is 0.183. The van der Waals surface area contributed by atoms with E-state index in [1.165, 1.54) is 0 Å². The molecule has 28 heavy (non-hydrogen) atoms. The first kappa shape index (κ1) is 24.5. The lowest BCUT2D eigenvalue weighted by molar-refractivity contribution is -0.158. The molecule has 4 nitrogen and oxygen atoms in total. The van der Waals surface area contributed by atoms with Crippen molar-refractivity contribution in [1.82, 2.24) is 4.90 Å². The number of allylic oxidation sites excluding steroid dienone is 2. The fourth-order valence-corrected chi connectivity index (χ4v) is 3.36. The lowest BCUT2D eigenvalue weighted by Gasteiger charge is -2.40. The van der Waals surface area contributed by atoms with Crippen LogP contribution in [0.5, 0.6) is 0 Å². The number of unbranched alkanes of at least 4 members (excludes halogenated alkanes) is 1. The third-order valence-corrected chi connectivity index (χ3v) is 5.13. The van der Waals surface area contributed by atoms with Gasteiger partial charge in [-0.25, -0.2) is 4.79 Å². The number of nitrogens with zero attached hydrogens (tertiary/aromatic N) is 1. The second-order valence-electron chi connectivity index (χ2n) is 8.82. The summed E-state index contributed by atoms with van der Waals surface area (Å²) in [7, 11) is 0. The van der Waals surface area contributed by atoms with E-state index >= 15 is 0 Å². The monoisotopic (exact) mass is 391 g/mol. The van der Waals surface area contributed by atoms with E-state index in [4.69, 9.17) is 9.47 Å². The van der Waals surface area contributed by atoms with Crippen LogP contribution >= 0.6 is 0 Å². The summed E-state index contributed by atoms with van der Waals surface area (Å²) in [4.78, 5) is 15.3. The predicted octanol–water partition coefficient (Wildman–Crippen LogP) is 5.65. The van der Waals surface area contributed by atoms with Gasteiger partial charge >= 0.3 is 5.97 Å². The molecule has 4 heteroatoms. The number of ether oxygens (including phenoxy) is 2. The minimum Gasteiger partial charge on any atom is -0.461 e. The maximum absolute atomic E-state index is 12.9. The van der Waals surface area contributed by atoms with Crippen LogP contribution in [0.25, 0.3) is 0 Å². The van der Waals surface area contributed by atoms with Crippen LogP contribution in [0.4, 0.5) is 0 Å². The van der Waals surface area contributed by atoms with Gasteiger partial charge in [-0.15, -0.1) is 0 Å². The van der Waals surface area contributed by atoms with Crippen molar-refractivity contribution < 1.29 is 14.3 Å². The van der Waals surface area contributed by atoms with Crippen LogP contribution in [-0.2, 0) is 14.3 Å². The maximum atomic E-state index is 12.9. The van der Waals surface area contributed by atoms with Crippen molar-refractivity contribution in [3.05, 3.63) is 35.6 Å². The molecule has 1 atom stereocenters. The molecule has 0 aromatic rings. The molecule has 0 aromatic carbocycles. The van der Waals surface area contributed by atoms with Crippen molar-refractivity contribution in [1.29, 1.82) is 0 Å². The van der Waals surface area contributed by atoms with E-state index in [0.717, 1.165) is 55.6 Å². The van der Waals surface area contributed by atoms with Gasteiger partial charge in [-0.1, -0.05) is 39.8 Å². The minimum atomic E-state index is -0.743. The van der Waals surface area contributed by atoms with Gasteiger partial charge < -0.3 is 14.4 Å². The molecule has 1 fully saturated rings. The Bertz CT molecular complexity index is 577. The first-order chi connectivity index (χ1) is 13.1. The molecule has 0 N–H and O–H groups in total. The Morgan fingerprint density at radius 2 is 1.86 bits per heavy atom. The second kappa shape index (κ2) is 11.5. The van der Waals surface area contributed by atoms with E-state index in [9.17, 15) is 4.79 Å². The van der Waals surface area contributed by atoms with Crippen LogP contribution in [-0.4, -0.2) is 42.8 Å². The number of likely N-dealkylation sites (tertiary alicyclic amines) is 1. The lowest BCUT2D eigenvalue weighted by Crippen LogP contribution is -2.39. The zero-order chi connectivity index (χ0) is 21.3. The number of carbonyl (C=O) groups is 1. The molecule has 160 valence electrons. The normalized spacial score (nSPS) is 18.9. The highest BCUT2D eigenvalue weighted by Crippen LogP contribution is 2.34. The van der Waals surface area contributed by atoms with E-state index in [2.05, 4.69) is 38.3 Å². The molecule has 0 saturated carbocycles. The predicted molar refractivity (Wildman–Crippen MR) is 117 cm³/mol. The summed E-state index contributed by atoms with van der Waals surface area (Å²) in [5.41, 5.74) is 3.08. The lowest BCUT2D eigenvalue weighted by atomic mass is 9.82. The van der Waals surface area contributed by atoms with E-state index in [1.807, 2.05) is 33.8 Å². The first-order valence-electron chi connectivity index (χ1n) is 10.7. The van der Waals surface area contributed by atoms with Crippen molar-refractivity contribution in [2.24, 2.45) is 5.41 Å². The van der Waals surface area contributed by atoms with Gasteiger partial charge in [0.25, 0.3) is 0 Å². The fourth-order valence-electron chi connectivity index (χ4n) is 3.36. The van der Waals surface area contributed by atoms with Crippen molar-refractivity contribution in [3.8, 4) is 0 Å². The summed E-state index contributed by atoms with van der Waals surface area (Å²) in [6.45, 7) is 21.1. The van der Waals surface area contributed by atoms with Crippen molar-refractivity contribution in [2.45, 2.75) is 86.4 Å².